The molecule has 0 aliphatic carbocycles. The molecule has 0 unspecified atom stereocenters. The molecular formula is C41H46Cl2SiZr. The van der Waals surface area contributed by atoms with E-state index in [1.165, 1.54) is 82.7 Å². The minimum atomic E-state index is -0.826. The molecule has 0 aliphatic heterocycles. The molecule has 0 saturated heterocycles. The van der Waals surface area contributed by atoms with Gasteiger partial charge in [-0.05, 0) is 55.9 Å². The van der Waals surface area contributed by atoms with E-state index in [2.05, 4.69) is 159 Å². The first-order valence-electron chi connectivity index (χ1n) is 15.5. The molecule has 6 aromatic carbocycles. The molecule has 6 rings (SSSR count). The summed E-state index contributed by atoms with van der Waals surface area (Å²) in [6.07, 6.45) is 0. The van der Waals surface area contributed by atoms with Crippen LogP contribution in [0.2, 0.25) is 13.1 Å². The zero-order valence-electron chi connectivity index (χ0n) is 28.5. The van der Waals surface area contributed by atoms with Crippen molar-refractivity contribution in [2.75, 3.05) is 0 Å². The van der Waals surface area contributed by atoms with Crippen LogP contribution in [0.4, 0.5) is 0 Å². The van der Waals surface area contributed by atoms with Crippen molar-refractivity contribution in [2.45, 2.75) is 74.4 Å². The molecule has 232 valence electrons. The van der Waals surface area contributed by atoms with Gasteiger partial charge in [0.25, 0.3) is 0 Å². The van der Waals surface area contributed by atoms with Crippen LogP contribution in [0, 0.1) is 41.5 Å². The third-order valence-corrected chi connectivity index (χ3v) is 8.03. The Balaban J connectivity index is 0.000000209. The third kappa shape index (κ3) is 9.65. The fraction of sp³-hybridized carbons (Fsp3) is 0.268. The standard InChI is InChI=1S/C20H21.C19H19.C2H6Si.2ClH.Zr/c1-13(2)17-11-16-6-5-7-19(20(16)12-17)18-9-8-14(3)10-15(18)4;1-12-5-7-16(15(4)9-12)17-8-6-14(3)18-10-13(2)11-19(17)18;1-3-2;;;/h5-13H,1-4H3;5-11H,1-4H3;1-2H3;2*1H;/q2*-1;;;;+4/p-2. The summed E-state index contributed by atoms with van der Waals surface area (Å²) < 4.78 is 0. The zero-order valence-corrected chi connectivity index (χ0v) is 33.5. The van der Waals surface area contributed by atoms with Gasteiger partial charge in [-0.2, -0.15) is 12.1 Å². The van der Waals surface area contributed by atoms with Crippen molar-refractivity contribution < 1.29 is 20.8 Å². The molecule has 0 fully saturated rings. The molecule has 0 nitrogen and oxygen atoms in total. The van der Waals surface area contributed by atoms with Gasteiger partial charge in [0.1, 0.15) is 0 Å². The van der Waals surface area contributed by atoms with Gasteiger partial charge in [0.05, 0.1) is 0 Å². The Morgan fingerprint density at radius 1 is 0.600 bits per heavy atom. The van der Waals surface area contributed by atoms with E-state index in [-0.39, 0.29) is 0 Å². The van der Waals surface area contributed by atoms with E-state index in [0.717, 1.165) is 9.52 Å². The van der Waals surface area contributed by atoms with E-state index in [1.807, 2.05) is 0 Å². The van der Waals surface area contributed by atoms with Gasteiger partial charge in [-0.3, -0.25) is 0 Å². The van der Waals surface area contributed by atoms with Crippen LogP contribution < -0.4 is 0 Å². The average Bonchev–Trinajstić information content (AvgIpc) is 3.60. The molecule has 0 saturated carbocycles. The van der Waals surface area contributed by atoms with Crippen molar-refractivity contribution in [3.8, 4) is 22.3 Å². The quantitative estimate of drug-likeness (QED) is 0.126. The maximum absolute atomic E-state index is 4.93. The van der Waals surface area contributed by atoms with Crippen LogP contribution in [-0.4, -0.2) is 9.52 Å². The zero-order chi connectivity index (χ0) is 33.3. The second kappa shape index (κ2) is 17.6. The van der Waals surface area contributed by atoms with E-state index in [9.17, 15) is 0 Å². The van der Waals surface area contributed by atoms with Crippen LogP contribution in [0.25, 0.3) is 43.8 Å². The molecule has 4 heteroatoms. The summed E-state index contributed by atoms with van der Waals surface area (Å²) in [6, 6.07) is 33.8. The van der Waals surface area contributed by atoms with Gasteiger partial charge in [-0.15, -0.1) is 68.6 Å². The van der Waals surface area contributed by atoms with Crippen molar-refractivity contribution in [2.24, 2.45) is 0 Å². The SMILES string of the molecule is C[Si]C.Cc1ccc(-c2ccc(C)c3[cH-]c(C)cc23)c(C)c1.Cc1ccc(-c2cccc3[cH-]c(C(C)C)cc23)c(C)c1.[Cl][Zr+2][Cl]. The fourth-order valence-electron chi connectivity index (χ4n) is 5.88. The van der Waals surface area contributed by atoms with Crippen LogP contribution in [0.5, 0.6) is 0 Å². The van der Waals surface area contributed by atoms with Crippen LogP contribution >= 0.6 is 17.0 Å². The molecule has 0 amide bonds. The second-order valence-corrected chi connectivity index (χ2v) is 17.0. The van der Waals surface area contributed by atoms with Gasteiger partial charge in [0.2, 0.25) is 0 Å². The molecule has 0 aliphatic rings. The number of hydrogen-bond acceptors (Lipinski definition) is 0. The number of aryl methyl sites for hydroxylation is 6. The van der Waals surface area contributed by atoms with Gasteiger partial charge in [-0.1, -0.05) is 112 Å². The van der Waals surface area contributed by atoms with Crippen molar-refractivity contribution in [1.29, 1.82) is 0 Å². The first kappa shape index (κ1) is 37.2. The predicted molar refractivity (Wildman–Crippen MR) is 202 cm³/mol. The van der Waals surface area contributed by atoms with E-state index < -0.39 is 20.8 Å². The van der Waals surface area contributed by atoms with Crippen LogP contribution in [0.1, 0.15) is 58.7 Å². The van der Waals surface area contributed by atoms with Crippen molar-refractivity contribution >= 4 is 48.1 Å². The Hall–Kier alpha value is -2.22. The van der Waals surface area contributed by atoms with E-state index in [4.69, 9.17) is 17.0 Å². The molecule has 0 N–H and O–H groups in total. The number of hydrogen-bond donors (Lipinski definition) is 0. The normalized spacial score (nSPS) is 10.4. The minimum absolute atomic E-state index is 0.578. The molecule has 6 aromatic rings. The summed E-state index contributed by atoms with van der Waals surface area (Å²) in [6.45, 7) is 21.9. The Morgan fingerprint density at radius 2 is 1.11 bits per heavy atom. The van der Waals surface area contributed by atoms with E-state index in [0.29, 0.717) is 5.92 Å². The summed E-state index contributed by atoms with van der Waals surface area (Å²) in [4.78, 5) is 0. The fourth-order valence-corrected chi connectivity index (χ4v) is 5.88. The van der Waals surface area contributed by atoms with Gasteiger partial charge in [-0.25, -0.2) is 0 Å². The molecule has 45 heavy (non-hydrogen) atoms. The van der Waals surface area contributed by atoms with Crippen molar-refractivity contribution in [3.05, 3.63) is 130 Å². The molecule has 0 atom stereocenters. The van der Waals surface area contributed by atoms with Crippen molar-refractivity contribution in [3.63, 3.8) is 0 Å². The predicted octanol–water partition coefficient (Wildman–Crippen LogP) is 13.6. The average molecular weight is 729 g/mol. The monoisotopic (exact) mass is 726 g/mol. The third-order valence-electron chi connectivity index (χ3n) is 8.03. The second-order valence-electron chi connectivity index (χ2n) is 12.3. The maximum atomic E-state index is 4.93. The molecular weight excluding hydrogens is 683 g/mol. The van der Waals surface area contributed by atoms with Crippen LogP contribution in [0.15, 0.2) is 91.0 Å². The van der Waals surface area contributed by atoms with Crippen molar-refractivity contribution in [1.82, 2.24) is 0 Å². The summed E-state index contributed by atoms with van der Waals surface area (Å²) in [7, 11) is 11.0. The number of fused-ring (bicyclic) bond motifs is 2. The van der Waals surface area contributed by atoms with E-state index in [1.54, 1.807) is 0 Å². The van der Waals surface area contributed by atoms with Gasteiger partial charge in [0.15, 0.2) is 0 Å². The first-order valence-corrected chi connectivity index (χ1v) is 23.8. The molecule has 2 radical (unpaired) electrons. The van der Waals surface area contributed by atoms with Gasteiger partial charge >= 0.3 is 37.9 Å². The van der Waals surface area contributed by atoms with Crippen LogP contribution in [-0.2, 0) is 20.8 Å². The van der Waals surface area contributed by atoms with E-state index >= 15 is 0 Å². The summed E-state index contributed by atoms with van der Waals surface area (Å²) in [5.41, 5.74) is 14.9. The number of rotatable bonds is 3. The number of halogens is 2. The topological polar surface area (TPSA) is 0 Å². The van der Waals surface area contributed by atoms with Crippen LogP contribution in [0.3, 0.4) is 0 Å². The summed E-state index contributed by atoms with van der Waals surface area (Å²) in [5, 5.41) is 5.49. The van der Waals surface area contributed by atoms with Gasteiger partial charge in [0, 0.05) is 9.52 Å². The molecule has 0 spiro atoms. The summed E-state index contributed by atoms with van der Waals surface area (Å²) >= 11 is -0.826. The summed E-state index contributed by atoms with van der Waals surface area (Å²) in [5.74, 6) is 0.578. The Labute approximate surface area is 293 Å². The molecule has 0 bridgehead atoms. The Morgan fingerprint density at radius 3 is 1.62 bits per heavy atom. The van der Waals surface area contributed by atoms with Gasteiger partial charge < -0.3 is 0 Å². The Bertz CT molecular complexity index is 1840. The first-order chi connectivity index (χ1) is 21.4. The number of benzene rings is 4. The molecule has 0 aromatic heterocycles. The molecule has 0 heterocycles. The Kier molecular flexibility index (Phi) is 14.6.